The third-order valence-electron chi connectivity index (χ3n) is 4.58. The molecule has 0 aliphatic carbocycles. The predicted octanol–water partition coefficient (Wildman–Crippen LogP) is 3.03. The minimum absolute atomic E-state index is 0. The summed E-state index contributed by atoms with van der Waals surface area (Å²) in [6.45, 7) is 6.13. The number of halogens is 4. The molecule has 0 bridgehead atoms. The molecule has 2 N–H and O–H groups in total. The number of aliphatic imine (C=N–C) groups is 1. The van der Waals surface area contributed by atoms with Crippen LogP contribution in [0.2, 0.25) is 0 Å². The van der Waals surface area contributed by atoms with Gasteiger partial charge in [-0.1, -0.05) is 6.07 Å². The standard InChI is InChI=1S/C19H31F3N6.HI/c1-4-23-18(24-10-13-27(3)14-19(20,21)22)26-16-8-11-28(12-9-16)17-7-5-6-15(2)25-17;/h5-7,16H,4,8-14H2,1-3H3,(H2,23,24,26);1H. The van der Waals surface area contributed by atoms with Crippen molar-refractivity contribution < 1.29 is 13.2 Å². The van der Waals surface area contributed by atoms with Crippen molar-refractivity contribution in [2.45, 2.75) is 38.9 Å². The second-order valence-corrected chi connectivity index (χ2v) is 7.16. The first kappa shape index (κ1) is 25.7. The second-order valence-electron chi connectivity index (χ2n) is 7.16. The highest BCUT2D eigenvalue weighted by molar-refractivity contribution is 14.0. The minimum atomic E-state index is -4.18. The monoisotopic (exact) mass is 528 g/mol. The first-order chi connectivity index (χ1) is 13.3. The van der Waals surface area contributed by atoms with Crippen LogP contribution in [0.5, 0.6) is 0 Å². The van der Waals surface area contributed by atoms with Gasteiger partial charge in [0.05, 0.1) is 13.1 Å². The van der Waals surface area contributed by atoms with E-state index in [-0.39, 0.29) is 36.6 Å². The van der Waals surface area contributed by atoms with E-state index in [1.165, 1.54) is 11.9 Å². The molecule has 1 aliphatic rings. The number of alkyl halides is 3. The molecule has 166 valence electrons. The fourth-order valence-corrected chi connectivity index (χ4v) is 3.19. The van der Waals surface area contributed by atoms with Crippen LogP contribution in [0.3, 0.4) is 0 Å². The van der Waals surface area contributed by atoms with Gasteiger partial charge < -0.3 is 15.5 Å². The number of nitrogens with zero attached hydrogens (tertiary/aromatic N) is 4. The molecule has 1 fully saturated rings. The Balaban J connectivity index is 0.00000420. The molecule has 0 spiro atoms. The van der Waals surface area contributed by atoms with E-state index >= 15 is 0 Å². The molecule has 0 atom stereocenters. The van der Waals surface area contributed by atoms with Crippen LogP contribution in [-0.4, -0.2) is 74.4 Å². The maximum atomic E-state index is 12.4. The number of anilines is 1. The zero-order chi connectivity index (χ0) is 20.6. The maximum Gasteiger partial charge on any atom is 0.401 e. The van der Waals surface area contributed by atoms with Crippen LogP contribution < -0.4 is 15.5 Å². The van der Waals surface area contributed by atoms with Crippen molar-refractivity contribution in [1.82, 2.24) is 20.5 Å². The quantitative estimate of drug-likeness (QED) is 0.324. The highest BCUT2D eigenvalue weighted by atomic mass is 127. The average Bonchev–Trinajstić information content (AvgIpc) is 2.61. The molecular formula is C19H32F3IN6. The molecule has 29 heavy (non-hydrogen) atoms. The lowest BCUT2D eigenvalue weighted by Gasteiger charge is -2.34. The molecule has 2 rings (SSSR count). The minimum Gasteiger partial charge on any atom is -0.357 e. The van der Waals surface area contributed by atoms with Gasteiger partial charge in [-0.15, -0.1) is 24.0 Å². The summed E-state index contributed by atoms with van der Waals surface area (Å²) in [5, 5.41) is 6.59. The number of piperidine rings is 1. The molecular weight excluding hydrogens is 496 g/mol. The Morgan fingerprint density at radius 1 is 1.31 bits per heavy atom. The maximum absolute atomic E-state index is 12.4. The molecule has 0 unspecified atom stereocenters. The van der Waals surface area contributed by atoms with Crippen LogP contribution in [0.15, 0.2) is 23.2 Å². The Bertz CT molecular complexity index is 633. The van der Waals surface area contributed by atoms with Crippen molar-refractivity contribution in [1.29, 1.82) is 0 Å². The molecule has 1 aromatic heterocycles. The van der Waals surface area contributed by atoms with Gasteiger partial charge in [-0.25, -0.2) is 4.98 Å². The van der Waals surface area contributed by atoms with E-state index in [2.05, 4.69) is 25.5 Å². The van der Waals surface area contributed by atoms with Gasteiger partial charge in [0.25, 0.3) is 0 Å². The summed E-state index contributed by atoms with van der Waals surface area (Å²) in [5.41, 5.74) is 1.01. The number of aryl methyl sites for hydroxylation is 1. The summed E-state index contributed by atoms with van der Waals surface area (Å²) in [7, 11) is 1.46. The lowest BCUT2D eigenvalue weighted by Crippen LogP contribution is -2.49. The van der Waals surface area contributed by atoms with E-state index in [0.29, 0.717) is 19.0 Å². The van der Waals surface area contributed by atoms with Gasteiger partial charge in [0.1, 0.15) is 5.82 Å². The molecule has 0 amide bonds. The third-order valence-corrected chi connectivity index (χ3v) is 4.58. The Morgan fingerprint density at radius 2 is 2.00 bits per heavy atom. The summed E-state index contributed by atoms with van der Waals surface area (Å²) in [4.78, 5) is 12.5. The second kappa shape index (κ2) is 12.4. The lowest BCUT2D eigenvalue weighted by molar-refractivity contribution is -0.142. The van der Waals surface area contributed by atoms with Crippen LogP contribution in [0, 0.1) is 6.92 Å². The van der Waals surface area contributed by atoms with Crippen LogP contribution in [0.4, 0.5) is 19.0 Å². The van der Waals surface area contributed by atoms with Crippen molar-refractivity contribution in [3.63, 3.8) is 0 Å². The third kappa shape index (κ3) is 9.83. The van der Waals surface area contributed by atoms with Gasteiger partial charge >= 0.3 is 6.18 Å². The van der Waals surface area contributed by atoms with Crippen molar-refractivity contribution in [3.8, 4) is 0 Å². The van der Waals surface area contributed by atoms with Crippen molar-refractivity contribution in [2.75, 3.05) is 51.2 Å². The molecule has 1 saturated heterocycles. The zero-order valence-corrected chi connectivity index (χ0v) is 19.6. The SMILES string of the molecule is CCNC(=NCCN(C)CC(F)(F)F)NC1CCN(c2cccc(C)n2)CC1.I. The number of rotatable bonds is 7. The number of guanidine groups is 1. The molecule has 0 aromatic carbocycles. The summed E-state index contributed by atoms with van der Waals surface area (Å²) >= 11 is 0. The Labute approximate surface area is 188 Å². The highest BCUT2D eigenvalue weighted by Gasteiger charge is 2.28. The Kier molecular flexibility index (Phi) is 11.0. The normalized spacial score (nSPS) is 16.0. The molecule has 2 heterocycles. The number of hydrogen-bond acceptors (Lipinski definition) is 4. The lowest BCUT2D eigenvalue weighted by atomic mass is 10.1. The van der Waals surface area contributed by atoms with E-state index in [0.717, 1.165) is 37.4 Å². The molecule has 6 nitrogen and oxygen atoms in total. The van der Waals surface area contributed by atoms with Gasteiger partial charge in [0.2, 0.25) is 0 Å². The highest BCUT2D eigenvalue weighted by Crippen LogP contribution is 2.18. The number of likely N-dealkylation sites (N-methyl/N-ethyl adjacent to an activating group) is 1. The van der Waals surface area contributed by atoms with Crippen LogP contribution in [0.25, 0.3) is 0 Å². The first-order valence-corrected chi connectivity index (χ1v) is 9.75. The van der Waals surface area contributed by atoms with Crippen LogP contribution in [0.1, 0.15) is 25.5 Å². The largest absolute Gasteiger partial charge is 0.401 e. The fraction of sp³-hybridized carbons (Fsp3) is 0.684. The van der Waals surface area contributed by atoms with E-state index in [4.69, 9.17) is 0 Å². The van der Waals surface area contributed by atoms with E-state index in [1.807, 2.05) is 32.0 Å². The Morgan fingerprint density at radius 3 is 2.59 bits per heavy atom. The number of hydrogen-bond donors (Lipinski definition) is 2. The van der Waals surface area contributed by atoms with Gasteiger partial charge in [-0.3, -0.25) is 9.89 Å². The topological polar surface area (TPSA) is 55.8 Å². The molecule has 0 saturated carbocycles. The zero-order valence-electron chi connectivity index (χ0n) is 17.3. The van der Waals surface area contributed by atoms with Gasteiger partial charge in [0, 0.05) is 37.9 Å². The van der Waals surface area contributed by atoms with E-state index in [9.17, 15) is 13.2 Å². The summed E-state index contributed by atoms with van der Waals surface area (Å²) in [5.74, 6) is 1.67. The van der Waals surface area contributed by atoms with Gasteiger partial charge in [0.15, 0.2) is 5.96 Å². The van der Waals surface area contributed by atoms with Gasteiger partial charge in [-0.2, -0.15) is 13.2 Å². The number of pyridine rings is 1. The number of aromatic nitrogens is 1. The van der Waals surface area contributed by atoms with Gasteiger partial charge in [-0.05, 0) is 45.9 Å². The van der Waals surface area contributed by atoms with E-state index in [1.54, 1.807) is 0 Å². The summed E-state index contributed by atoms with van der Waals surface area (Å²) in [6, 6.07) is 6.33. The van der Waals surface area contributed by atoms with Crippen molar-refractivity contribution >= 4 is 35.8 Å². The summed E-state index contributed by atoms with van der Waals surface area (Å²) < 4.78 is 37.2. The first-order valence-electron chi connectivity index (χ1n) is 9.75. The van der Waals surface area contributed by atoms with Crippen molar-refractivity contribution in [2.24, 2.45) is 4.99 Å². The molecule has 1 aromatic rings. The molecule has 10 heteroatoms. The summed E-state index contributed by atoms with van der Waals surface area (Å²) in [6.07, 6.45) is -2.27. The number of nitrogens with one attached hydrogen (secondary N) is 2. The van der Waals surface area contributed by atoms with E-state index < -0.39 is 12.7 Å². The molecule has 0 radical (unpaired) electrons. The van der Waals surface area contributed by atoms with Crippen LogP contribution >= 0.6 is 24.0 Å². The van der Waals surface area contributed by atoms with Crippen LogP contribution in [-0.2, 0) is 0 Å². The predicted molar refractivity (Wildman–Crippen MR) is 122 cm³/mol. The average molecular weight is 528 g/mol. The van der Waals surface area contributed by atoms with Crippen molar-refractivity contribution in [3.05, 3.63) is 23.9 Å². The Hall–Kier alpha value is -1.30. The smallest absolute Gasteiger partial charge is 0.357 e. The fourth-order valence-electron chi connectivity index (χ4n) is 3.19. The molecule has 1 aliphatic heterocycles.